The van der Waals surface area contributed by atoms with Crippen molar-refractivity contribution in [1.29, 1.82) is 0 Å². The number of hydrogen-bond acceptors (Lipinski definition) is 1. The van der Waals surface area contributed by atoms with E-state index in [0.29, 0.717) is 0 Å². The van der Waals surface area contributed by atoms with Crippen molar-refractivity contribution in [3.8, 4) is 0 Å². The van der Waals surface area contributed by atoms with Gasteiger partial charge in [0.2, 0.25) is 0 Å². The predicted molar refractivity (Wildman–Crippen MR) is 67.7 cm³/mol. The standard InChI is InChI=1S/C11H24N2S/c1-3-5-6-7-8-10-13-11(14)12-9-4-2/h3-10H2,1-2H3,(H2,12,13,14). The van der Waals surface area contributed by atoms with Gasteiger partial charge in [0, 0.05) is 13.1 Å². The molecule has 0 bridgehead atoms. The van der Waals surface area contributed by atoms with E-state index in [1.807, 2.05) is 0 Å². The van der Waals surface area contributed by atoms with Gasteiger partial charge in [-0.05, 0) is 25.1 Å². The minimum atomic E-state index is 0.808. The average molecular weight is 216 g/mol. The zero-order valence-corrected chi connectivity index (χ0v) is 10.4. The van der Waals surface area contributed by atoms with E-state index >= 15 is 0 Å². The van der Waals surface area contributed by atoms with Crippen molar-refractivity contribution in [2.75, 3.05) is 13.1 Å². The lowest BCUT2D eigenvalue weighted by Crippen LogP contribution is -2.36. The van der Waals surface area contributed by atoms with Crippen LogP contribution < -0.4 is 10.6 Å². The van der Waals surface area contributed by atoms with E-state index in [-0.39, 0.29) is 0 Å². The Morgan fingerprint density at radius 3 is 2.14 bits per heavy atom. The van der Waals surface area contributed by atoms with Crippen LogP contribution in [0.1, 0.15) is 52.4 Å². The van der Waals surface area contributed by atoms with Crippen molar-refractivity contribution in [3.05, 3.63) is 0 Å². The summed E-state index contributed by atoms with van der Waals surface area (Å²) in [7, 11) is 0. The Kier molecular flexibility index (Phi) is 10.5. The first kappa shape index (κ1) is 13.7. The van der Waals surface area contributed by atoms with Crippen molar-refractivity contribution >= 4 is 17.3 Å². The van der Waals surface area contributed by atoms with Crippen molar-refractivity contribution < 1.29 is 0 Å². The summed E-state index contributed by atoms with van der Waals surface area (Å²) < 4.78 is 0. The van der Waals surface area contributed by atoms with Gasteiger partial charge in [-0.15, -0.1) is 0 Å². The van der Waals surface area contributed by atoms with Crippen LogP contribution in [-0.4, -0.2) is 18.2 Å². The summed E-state index contributed by atoms with van der Waals surface area (Å²) in [5.74, 6) is 0. The maximum absolute atomic E-state index is 5.10. The molecule has 3 heteroatoms. The predicted octanol–water partition coefficient (Wildman–Crippen LogP) is 2.83. The average Bonchev–Trinajstić information content (AvgIpc) is 2.20. The van der Waals surface area contributed by atoms with Gasteiger partial charge < -0.3 is 10.6 Å². The molecule has 0 rings (SSSR count). The van der Waals surface area contributed by atoms with E-state index in [0.717, 1.165) is 24.6 Å². The Morgan fingerprint density at radius 1 is 0.857 bits per heavy atom. The number of thiocarbonyl (C=S) groups is 1. The second-order valence-corrected chi connectivity index (χ2v) is 4.01. The molecule has 0 aromatic heterocycles. The molecule has 0 saturated heterocycles. The Bertz CT molecular complexity index is 137. The third-order valence-corrected chi connectivity index (χ3v) is 2.39. The van der Waals surface area contributed by atoms with Crippen LogP contribution in [0.4, 0.5) is 0 Å². The molecule has 14 heavy (non-hydrogen) atoms. The Hall–Kier alpha value is -0.310. The maximum Gasteiger partial charge on any atom is 0.166 e. The molecule has 0 aliphatic carbocycles. The summed E-state index contributed by atoms with van der Waals surface area (Å²) in [5.41, 5.74) is 0. The maximum atomic E-state index is 5.10. The molecule has 0 spiro atoms. The summed E-state index contributed by atoms with van der Waals surface area (Å²) >= 11 is 5.10. The van der Waals surface area contributed by atoms with Crippen LogP contribution in [0.5, 0.6) is 0 Å². The summed E-state index contributed by atoms with van der Waals surface area (Å²) in [6, 6.07) is 0. The molecule has 0 aliphatic heterocycles. The Balaban J connectivity index is 3.07. The molecule has 0 radical (unpaired) electrons. The molecule has 0 aromatic carbocycles. The number of rotatable bonds is 8. The van der Waals surface area contributed by atoms with Crippen molar-refractivity contribution in [3.63, 3.8) is 0 Å². The molecule has 0 atom stereocenters. The van der Waals surface area contributed by atoms with E-state index < -0.39 is 0 Å². The first-order valence-electron chi connectivity index (χ1n) is 5.83. The molecule has 84 valence electrons. The molecule has 0 aromatic rings. The van der Waals surface area contributed by atoms with Gasteiger partial charge in [0.15, 0.2) is 5.11 Å². The number of nitrogens with one attached hydrogen (secondary N) is 2. The van der Waals surface area contributed by atoms with Gasteiger partial charge in [0.25, 0.3) is 0 Å². The van der Waals surface area contributed by atoms with Gasteiger partial charge in [-0.3, -0.25) is 0 Å². The molecule has 0 aliphatic rings. The van der Waals surface area contributed by atoms with Gasteiger partial charge in [0.1, 0.15) is 0 Å². The summed E-state index contributed by atoms with van der Waals surface area (Å²) in [5, 5.41) is 7.18. The third kappa shape index (κ3) is 9.78. The molecule has 0 amide bonds. The SMILES string of the molecule is CCCCCCCNC(=S)NCCC. The van der Waals surface area contributed by atoms with Crippen molar-refractivity contribution in [2.45, 2.75) is 52.4 Å². The molecular formula is C11H24N2S. The lowest BCUT2D eigenvalue weighted by Gasteiger charge is -2.08. The van der Waals surface area contributed by atoms with Crippen LogP contribution in [0, 0.1) is 0 Å². The molecule has 2 nitrogen and oxygen atoms in total. The molecular weight excluding hydrogens is 192 g/mol. The lowest BCUT2D eigenvalue weighted by atomic mass is 10.1. The smallest absolute Gasteiger partial charge is 0.166 e. The van der Waals surface area contributed by atoms with Crippen LogP contribution in [0.25, 0.3) is 0 Å². The van der Waals surface area contributed by atoms with Crippen LogP contribution in [0.15, 0.2) is 0 Å². The highest BCUT2D eigenvalue weighted by molar-refractivity contribution is 7.80. The zero-order valence-electron chi connectivity index (χ0n) is 9.57. The summed E-state index contributed by atoms with van der Waals surface area (Å²) in [4.78, 5) is 0. The largest absolute Gasteiger partial charge is 0.363 e. The van der Waals surface area contributed by atoms with Crippen LogP contribution in [0.3, 0.4) is 0 Å². The lowest BCUT2D eigenvalue weighted by molar-refractivity contribution is 0.622. The summed E-state index contributed by atoms with van der Waals surface area (Å²) in [6.45, 7) is 6.36. The Morgan fingerprint density at radius 2 is 1.50 bits per heavy atom. The highest BCUT2D eigenvalue weighted by atomic mass is 32.1. The Labute approximate surface area is 93.8 Å². The fourth-order valence-corrected chi connectivity index (χ4v) is 1.44. The first-order valence-corrected chi connectivity index (χ1v) is 6.23. The van der Waals surface area contributed by atoms with Gasteiger partial charge in [0.05, 0.1) is 0 Å². The molecule has 0 heterocycles. The highest BCUT2D eigenvalue weighted by Gasteiger charge is 1.93. The summed E-state index contributed by atoms with van der Waals surface area (Å²) in [6.07, 6.45) is 7.69. The number of hydrogen-bond donors (Lipinski definition) is 2. The first-order chi connectivity index (χ1) is 6.81. The van der Waals surface area contributed by atoms with E-state index in [2.05, 4.69) is 24.5 Å². The van der Waals surface area contributed by atoms with E-state index in [1.165, 1.54) is 32.1 Å². The van der Waals surface area contributed by atoms with Crippen molar-refractivity contribution in [2.24, 2.45) is 0 Å². The van der Waals surface area contributed by atoms with E-state index in [4.69, 9.17) is 12.2 Å². The van der Waals surface area contributed by atoms with Crippen molar-refractivity contribution in [1.82, 2.24) is 10.6 Å². The van der Waals surface area contributed by atoms with Gasteiger partial charge >= 0.3 is 0 Å². The minimum Gasteiger partial charge on any atom is -0.363 e. The second kappa shape index (κ2) is 10.8. The second-order valence-electron chi connectivity index (χ2n) is 3.60. The molecule has 0 fully saturated rings. The molecule has 0 unspecified atom stereocenters. The molecule has 2 N–H and O–H groups in total. The van der Waals surface area contributed by atoms with E-state index in [1.54, 1.807) is 0 Å². The fourth-order valence-electron chi connectivity index (χ4n) is 1.23. The fraction of sp³-hybridized carbons (Fsp3) is 0.909. The minimum absolute atomic E-state index is 0.808. The van der Waals surface area contributed by atoms with Gasteiger partial charge in [-0.2, -0.15) is 0 Å². The van der Waals surface area contributed by atoms with Crippen LogP contribution >= 0.6 is 12.2 Å². The van der Waals surface area contributed by atoms with Crippen LogP contribution in [-0.2, 0) is 0 Å². The van der Waals surface area contributed by atoms with E-state index in [9.17, 15) is 0 Å². The normalized spacial score (nSPS) is 9.86. The van der Waals surface area contributed by atoms with Gasteiger partial charge in [-0.1, -0.05) is 39.5 Å². The topological polar surface area (TPSA) is 24.1 Å². The monoisotopic (exact) mass is 216 g/mol. The van der Waals surface area contributed by atoms with Crippen LogP contribution in [0.2, 0.25) is 0 Å². The zero-order chi connectivity index (χ0) is 10.6. The number of unbranched alkanes of at least 4 members (excludes halogenated alkanes) is 4. The quantitative estimate of drug-likeness (QED) is 0.482. The third-order valence-electron chi connectivity index (χ3n) is 2.10. The van der Waals surface area contributed by atoms with Gasteiger partial charge in [-0.25, -0.2) is 0 Å². The molecule has 0 saturated carbocycles. The highest BCUT2D eigenvalue weighted by Crippen LogP contribution is 2.00.